The highest BCUT2D eigenvalue weighted by atomic mass is 35.5. The Kier molecular flexibility index (Phi) is 3.46. The molecule has 0 fully saturated rings. The maximum atomic E-state index is 12.2. The molecule has 1 heterocycles. The minimum Gasteiger partial charge on any atom is -0.440 e. The Hall–Kier alpha value is -1.85. The maximum absolute atomic E-state index is 12.2. The number of nitrogens with two attached hydrogens (primary N) is 1. The molecule has 0 amide bonds. The number of rotatable bonds is 3. The molecule has 3 rings (SSSR count). The number of para-hydroxylation sites is 1. The van der Waals surface area contributed by atoms with E-state index in [1.54, 1.807) is 42.5 Å². The molecule has 0 aliphatic carbocycles. The first-order chi connectivity index (χ1) is 9.63. The van der Waals surface area contributed by atoms with E-state index in [2.05, 4.69) is 4.98 Å². The van der Waals surface area contributed by atoms with Gasteiger partial charge in [-0.15, -0.1) is 0 Å². The topological polar surface area (TPSA) is 69.1 Å². The van der Waals surface area contributed by atoms with Crippen LogP contribution in [-0.4, -0.2) is 9.19 Å². The molecule has 2 N–H and O–H groups in total. The Morgan fingerprint density at radius 3 is 2.65 bits per heavy atom. The van der Waals surface area contributed by atoms with Crippen molar-refractivity contribution in [1.82, 2.24) is 4.98 Å². The first kappa shape index (κ1) is 13.1. The molecule has 0 bridgehead atoms. The largest absolute Gasteiger partial charge is 0.440 e. The molecule has 2 aromatic carbocycles. The minimum atomic E-state index is -1.23. The SMILES string of the molecule is Nc1cccc2oc(CS(=O)c3ccc(Cl)cc3)nc12. The number of nitrogen functional groups attached to an aromatic ring is 1. The summed E-state index contributed by atoms with van der Waals surface area (Å²) in [7, 11) is -1.23. The van der Waals surface area contributed by atoms with Gasteiger partial charge in [-0.2, -0.15) is 0 Å². The number of anilines is 1. The third-order valence-corrected chi connectivity index (χ3v) is 4.38. The van der Waals surface area contributed by atoms with Crippen LogP contribution in [0.4, 0.5) is 5.69 Å². The number of fused-ring (bicyclic) bond motifs is 1. The maximum Gasteiger partial charge on any atom is 0.208 e. The number of halogens is 1. The molecule has 0 saturated heterocycles. The van der Waals surface area contributed by atoms with E-state index in [1.165, 1.54) is 0 Å². The van der Waals surface area contributed by atoms with Crippen LogP contribution in [0.25, 0.3) is 11.1 Å². The molecule has 6 heteroatoms. The lowest BCUT2D eigenvalue weighted by Gasteiger charge is -1.99. The van der Waals surface area contributed by atoms with Crippen molar-refractivity contribution in [3.05, 3.63) is 53.4 Å². The van der Waals surface area contributed by atoms with E-state index in [0.29, 0.717) is 32.6 Å². The quantitative estimate of drug-likeness (QED) is 0.753. The number of aromatic nitrogens is 1. The molecule has 4 nitrogen and oxygen atoms in total. The van der Waals surface area contributed by atoms with Crippen molar-refractivity contribution in [2.45, 2.75) is 10.6 Å². The Balaban J connectivity index is 1.87. The minimum absolute atomic E-state index is 0.204. The van der Waals surface area contributed by atoms with Crippen LogP contribution in [0.2, 0.25) is 5.02 Å². The van der Waals surface area contributed by atoms with Gasteiger partial charge >= 0.3 is 0 Å². The van der Waals surface area contributed by atoms with Gasteiger partial charge in [0.05, 0.1) is 16.5 Å². The Labute approximate surface area is 123 Å². The first-order valence-electron chi connectivity index (χ1n) is 5.91. The van der Waals surface area contributed by atoms with Gasteiger partial charge in [-0.3, -0.25) is 4.21 Å². The highest BCUT2D eigenvalue weighted by Crippen LogP contribution is 2.23. The summed E-state index contributed by atoms with van der Waals surface area (Å²) in [4.78, 5) is 4.97. The molecule has 0 saturated carbocycles. The third kappa shape index (κ3) is 2.55. The summed E-state index contributed by atoms with van der Waals surface area (Å²) in [5, 5.41) is 0.611. The van der Waals surface area contributed by atoms with Gasteiger partial charge in [-0.25, -0.2) is 4.98 Å². The highest BCUT2D eigenvalue weighted by molar-refractivity contribution is 7.84. The average Bonchev–Trinajstić information content (AvgIpc) is 2.83. The van der Waals surface area contributed by atoms with Gasteiger partial charge in [0.1, 0.15) is 11.3 Å². The Bertz CT molecular complexity index is 783. The second-order valence-corrected chi connectivity index (χ2v) is 6.13. The van der Waals surface area contributed by atoms with Gasteiger partial charge in [0.15, 0.2) is 5.58 Å². The number of oxazole rings is 1. The van der Waals surface area contributed by atoms with E-state index < -0.39 is 10.8 Å². The molecule has 3 aromatic rings. The summed E-state index contributed by atoms with van der Waals surface area (Å²) in [5.41, 5.74) is 7.58. The zero-order valence-electron chi connectivity index (χ0n) is 10.4. The van der Waals surface area contributed by atoms with Gasteiger partial charge in [0, 0.05) is 9.92 Å². The van der Waals surface area contributed by atoms with E-state index in [9.17, 15) is 4.21 Å². The zero-order chi connectivity index (χ0) is 14.1. The number of hydrogen-bond donors (Lipinski definition) is 1. The monoisotopic (exact) mass is 306 g/mol. The van der Waals surface area contributed by atoms with E-state index >= 15 is 0 Å². The van der Waals surface area contributed by atoms with Gasteiger partial charge in [0.2, 0.25) is 5.89 Å². The van der Waals surface area contributed by atoms with Crippen LogP contribution >= 0.6 is 11.6 Å². The van der Waals surface area contributed by atoms with Crippen LogP contribution in [0.15, 0.2) is 51.8 Å². The molecule has 0 radical (unpaired) electrons. The predicted octanol–water partition coefficient (Wildman–Crippen LogP) is 3.37. The molecular weight excluding hydrogens is 296 g/mol. The van der Waals surface area contributed by atoms with Crippen LogP contribution in [-0.2, 0) is 16.6 Å². The third-order valence-electron chi connectivity index (χ3n) is 2.83. The molecule has 0 spiro atoms. The van der Waals surface area contributed by atoms with Crippen LogP contribution < -0.4 is 5.73 Å². The van der Waals surface area contributed by atoms with Crippen molar-refractivity contribution in [2.24, 2.45) is 0 Å². The van der Waals surface area contributed by atoms with Gasteiger partial charge in [-0.05, 0) is 36.4 Å². The zero-order valence-corrected chi connectivity index (χ0v) is 11.9. The first-order valence-corrected chi connectivity index (χ1v) is 7.61. The molecule has 102 valence electrons. The molecule has 0 aliphatic rings. The van der Waals surface area contributed by atoms with Crippen molar-refractivity contribution in [3.8, 4) is 0 Å². The molecule has 0 aliphatic heterocycles. The summed E-state index contributed by atoms with van der Waals surface area (Å²) in [6, 6.07) is 12.2. The van der Waals surface area contributed by atoms with Crippen LogP contribution in [0, 0.1) is 0 Å². The molecular formula is C14H11ClN2O2S. The second-order valence-electron chi connectivity index (χ2n) is 4.25. The fourth-order valence-electron chi connectivity index (χ4n) is 1.86. The molecule has 20 heavy (non-hydrogen) atoms. The lowest BCUT2D eigenvalue weighted by molar-refractivity contribution is 0.552. The normalized spacial score (nSPS) is 12.7. The van der Waals surface area contributed by atoms with Crippen molar-refractivity contribution in [2.75, 3.05) is 5.73 Å². The fraction of sp³-hybridized carbons (Fsp3) is 0.0714. The van der Waals surface area contributed by atoms with Gasteiger partial charge < -0.3 is 10.2 Å². The summed E-state index contributed by atoms with van der Waals surface area (Å²) >= 11 is 5.80. The molecule has 1 atom stereocenters. The average molecular weight is 307 g/mol. The van der Waals surface area contributed by atoms with Crippen molar-refractivity contribution < 1.29 is 8.63 Å². The number of nitrogens with zero attached hydrogens (tertiary/aromatic N) is 1. The molecule has 1 aromatic heterocycles. The second kappa shape index (κ2) is 5.26. The number of benzene rings is 2. The highest BCUT2D eigenvalue weighted by Gasteiger charge is 2.12. The fourth-order valence-corrected chi connectivity index (χ4v) is 2.94. The summed E-state index contributed by atoms with van der Waals surface area (Å²) in [5.74, 6) is 0.613. The summed E-state index contributed by atoms with van der Waals surface area (Å²) in [6.45, 7) is 0. The van der Waals surface area contributed by atoms with E-state index in [-0.39, 0.29) is 5.75 Å². The van der Waals surface area contributed by atoms with Crippen LogP contribution in [0.3, 0.4) is 0 Å². The van der Waals surface area contributed by atoms with Crippen molar-refractivity contribution >= 4 is 39.2 Å². The van der Waals surface area contributed by atoms with Gasteiger partial charge in [-0.1, -0.05) is 17.7 Å². The van der Waals surface area contributed by atoms with Crippen LogP contribution in [0.1, 0.15) is 5.89 Å². The standard InChI is InChI=1S/C14H11ClN2O2S/c15-9-4-6-10(7-5-9)20(18)8-13-17-14-11(16)2-1-3-12(14)19-13/h1-7H,8,16H2. The van der Waals surface area contributed by atoms with E-state index in [4.69, 9.17) is 21.8 Å². The smallest absolute Gasteiger partial charge is 0.208 e. The Morgan fingerprint density at radius 2 is 1.95 bits per heavy atom. The molecule has 1 unspecified atom stereocenters. The lowest BCUT2D eigenvalue weighted by Crippen LogP contribution is -1.96. The summed E-state index contributed by atoms with van der Waals surface area (Å²) < 4.78 is 17.8. The number of hydrogen-bond acceptors (Lipinski definition) is 4. The van der Waals surface area contributed by atoms with Crippen LogP contribution in [0.5, 0.6) is 0 Å². The van der Waals surface area contributed by atoms with E-state index in [1.807, 2.05) is 0 Å². The van der Waals surface area contributed by atoms with E-state index in [0.717, 1.165) is 0 Å². The van der Waals surface area contributed by atoms with Gasteiger partial charge in [0.25, 0.3) is 0 Å². The Morgan fingerprint density at radius 1 is 1.20 bits per heavy atom. The summed E-state index contributed by atoms with van der Waals surface area (Å²) in [6.07, 6.45) is 0. The van der Waals surface area contributed by atoms with Crippen molar-refractivity contribution in [3.63, 3.8) is 0 Å². The lowest BCUT2D eigenvalue weighted by atomic mass is 10.3. The predicted molar refractivity (Wildman–Crippen MR) is 80.0 cm³/mol. The van der Waals surface area contributed by atoms with Crippen molar-refractivity contribution in [1.29, 1.82) is 0 Å².